The Hall–Kier alpha value is -1.73. The van der Waals surface area contributed by atoms with E-state index in [9.17, 15) is 10.1 Å². The van der Waals surface area contributed by atoms with Crippen LogP contribution in [0.4, 0.5) is 5.69 Å². The van der Waals surface area contributed by atoms with Gasteiger partial charge in [0.25, 0.3) is 5.69 Å². The fourth-order valence-corrected chi connectivity index (χ4v) is 6.10. The average Bonchev–Trinajstić information content (AvgIpc) is 2.65. The fourth-order valence-electron chi connectivity index (χ4n) is 3.46. The molecule has 150 valence electrons. The summed E-state index contributed by atoms with van der Waals surface area (Å²) in [6, 6.07) is 4.85. The number of ether oxygens (including phenoxy) is 1. The lowest BCUT2D eigenvalue weighted by Crippen LogP contribution is -2.38. The smallest absolute Gasteiger partial charge is 0.293 e. The van der Waals surface area contributed by atoms with Gasteiger partial charge in [0.2, 0.25) is 8.32 Å². The second-order valence-electron chi connectivity index (χ2n) is 8.29. The van der Waals surface area contributed by atoms with E-state index in [1.54, 1.807) is 12.3 Å². The summed E-state index contributed by atoms with van der Waals surface area (Å²) < 4.78 is 12.9. The van der Waals surface area contributed by atoms with Crippen molar-refractivity contribution in [3.8, 4) is 0 Å². The molecule has 7 heteroatoms. The highest BCUT2D eigenvalue weighted by atomic mass is 28.4. The van der Waals surface area contributed by atoms with Crippen molar-refractivity contribution in [2.45, 2.75) is 78.3 Å². The third-order valence-electron chi connectivity index (χ3n) is 5.55. The number of hydrogen-bond acceptors (Lipinski definition) is 5. The molecule has 2 atom stereocenters. The first kappa shape index (κ1) is 21.6. The Morgan fingerprint density at radius 3 is 2.44 bits per heavy atom. The molecule has 0 bridgehead atoms. The van der Waals surface area contributed by atoms with Gasteiger partial charge >= 0.3 is 0 Å². The lowest BCUT2D eigenvalue weighted by Gasteiger charge is -2.39. The summed E-state index contributed by atoms with van der Waals surface area (Å²) in [5.41, 5.74) is 0.431. The first-order valence-corrected chi connectivity index (χ1v) is 12.3. The number of rotatable bonds is 7. The van der Waals surface area contributed by atoms with E-state index >= 15 is 0 Å². The van der Waals surface area contributed by atoms with E-state index in [0.717, 1.165) is 23.9 Å². The second-order valence-corrected chi connectivity index (χ2v) is 13.0. The Morgan fingerprint density at radius 2 is 1.93 bits per heavy atom. The van der Waals surface area contributed by atoms with Crippen molar-refractivity contribution in [3.05, 3.63) is 46.0 Å². The van der Waals surface area contributed by atoms with Gasteiger partial charge in [-0.15, -0.1) is 0 Å². The van der Waals surface area contributed by atoms with Crippen molar-refractivity contribution in [1.29, 1.82) is 0 Å². The van der Waals surface area contributed by atoms with Crippen molar-refractivity contribution in [2.24, 2.45) is 5.41 Å². The highest BCUT2D eigenvalue weighted by Gasteiger charge is 2.38. The molecular weight excluding hydrogens is 360 g/mol. The van der Waals surface area contributed by atoms with Gasteiger partial charge in [-0.2, -0.15) is 0 Å². The van der Waals surface area contributed by atoms with Gasteiger partial charge in [0.1, 0.15) is 6.20 Å². The normalized spacial score (nSPS) is 20.9. The molecule has 1 aromatic rings. The van der Waals surface area contributed by atoms with Crippen LogP contribution < -0.4 is 0 Å². The van der Waals surface area contributed by atoms with Crippen LogP contribution in [0.15, 0.2) is 30.3 Å². The van der Waals surface area contributed by atoms with E-state index in [0.29, 0.717) is 12.0 Å². The number of nitro groups is 1. The summed E-state index contributed by atoms with van der Waals surface area (Å²) in [4.78, 5) is 15.0. The molecule has 6 nitrogen and oxygen atoms in total. The number of nitrogens with zero attached hydrogens (tertiary/aromatic N) is 2. The molecule has 0 saturated heterocycles. The zero-order chi connectivity index (χ0) is 20.2. The average molecular weight is 393 g/mol. The minimum Gasteiger partial charge on any atom is -0.547 e. The summed E-state index contributed by atoms with van der Waals surface area (Å²) in [5, 5.41) is 11.5. The highest BCUT2D eigenvalue weighted by Crippen LogP contribution is 2.41. The molecule has 1 aromatic heterocycles. The molecule has 0 radical (unpaired) electrons. The lowest BCUT2D eigenvalue weighted by atomic mass is 9.86. The van der Waals surface area contributed by atoms with Crippen molar-refractivity contribution < 1.29 is 14.1 Å². The van der Waals surface area contributed by atoms with E-state index < -0.39 is 14.4 Å². The van der Waals surface area contributed by atoms with Gasteiger partial charge in [-0.05, 0) is 35.7 Å². The molecule has 0 fully saturated rings. The quantitative estimate of drug-likeness (QED) is 0.334. The molecule has 0 aliphatic carbocycles. The van der Waals surface area contributed by atoms with E-state index in [4.69, 9.17) is 9.16 Å². The van der Waals surface area contributed by atoms with Crippen molar-refractivity contribution in [2.75, 3.05) is 0 Å². The van der Waals surface area contributed by atoms with Crippen LogP contribution in [0.3, 0.4) is 0 Å². The van der Waals surface area contributed by atoms with Crippen LogP contribution in [0.5, 0.6) is 0 Å². The van der Waals surface area contributed by atoms with Gasteiger partial charge < -0.3 is 9.16 Å². The Kier molecular flexibility index (Phi) is 6.81. The molecule has 0 saturated carbocycles. The topological polar surface area (TPSA) is 74.5 Å². The first-order valence-electron chi connectivity index (χ1n) is 9.79. The van der Waals surface area contributed by atoms with Gasteiger partial charge in [0.15, 0.2) is 0 Å². The molecular formula is C20H32N2O4Si. The lowest BCUT2D eigenvalue weighted by molar-refractivity contribution is -0.386. The van der Waals surface area contributed by atoms with E-state index in [1.165, 1.54) is 6.20 Å². The molecule has 27 heavy (non-hydrogen) atoms. The number of pyridine rings is 1. The highest BCUT2D eigenvalue weighted by molar-refractivity contribution is 6.73. The molecule has 2 heterocycles. The third-order valence-corrected chi connectivity index (χ3v) is 10.1. The van der Waals surface area contributed by atoms with Crippen molar-refractivity contribution in [1.82, 2.24) is 4.98 Å². The van der Waals surface area contributed by atoms with Crippen LogP contribution >= 0.6 is 0 Å². The maximum Gasteiger partial charge on any atom is 0.293 e. The Balaban J connectivity index is 2.41. The maximum atomic E-state index is 11.5. The molecule has 1 aliphatic rings. The standard InChI is InChI=1S/C20H32N2O4Si/c1-7-27(8-2,9-3)26-15-12-18(25-19(13-15)20(4,5)6)16-10-11-21-14-17(16)22(23)24/h10-11,13-14,18-19H,7-9,12H2,1-6H3. The molecule has 0 amide bonds. The van der Waals surface area contributed by atoms with Gasteiger partial charge in [-0.3, -0.25) is 15.1 Å². The van der Waals surface area contributed by atoms with E-state index in [2.05, 4.69) is 52.6 Å². The minimum absolute atomic E-state index is 0.00129. The molecule has 2 rings (SSSR count). The number of hydrogen-bond donors (Lipinski definition) is 0. The van der Waals surface area contributed by atoms with Crippen LogP contribution in [-0.4, -0.2) is 24.3 Å². The molecule has 2 unspecified atom stereocenters. The number of aromatic nitrogens is 1. The Bertz CT molecular complexity index is 687. The zero-order valence-electron chi connectivity index (χ0n) is 17.3. The van der Waals surface area contributed by atoms with Crippen LogP contribution in [0, 0.1) is 15.5 Å². The molecule has 0 N–H and O–H groups in total. The Labute approximate surface area is 163 Å². The summed E-state index contributed by atoms with van der Waals surface area (Å²) in [6.45, 7) is 12.9. The SMILES string of the molecule is CC[Si](CC)(CC)OC1=CC(C(C)(C)C)OC(c2ccncc2[N+](=O)[O-])C1. The second kappa shape index (κ2) is 8.52. The van der Waals surface area contributed by atoms with E-state index in [-0.39, 0.29) is 22.1 Å². The predicted octanol–water partition coefficient (Wildman–Crippen LogP) is 5.77. The van der Waals surface area contributed by atoms with Gasteiger partial charge in [0.05, 0.1) is 28.5 Å². The Morgan fingerprint density at radius 1 is 1.30 bits per heavy atom. The molecule has 0 aromatic carbocycles. The molecule has 0 spiro atoms. The van der Waals surface area contributed by atoms with Gasteiger partial charge in [-0.25, -0.2) is 0 Å². The van der Waals surface area contributed by atoms with Crippen molar-refractivity contribution >= 4 is 14.0 Å². The fraction of sp³-hybridized carbons (Fsp3) is 0.650. The van der Waals surface area contributed by atoms with Crippen LogP contribution in [0.1, 0.15) is 59.6 Å². The summed E-state index contributed by atoms with van der Waals surface area (Å²) in [6.07, 6.45) is 4.91. The maximum absolute atomic E-state index is 11.5. The predicted molar refractivity (Wildman–Crippen MR) is 109 cm³/mol. The van der Waals surface area contributed by atoms with Crippen molar-refractivity contribution in [3.63, 3.8) is 0 Å². The third kappa shape index (κ3) is 4.96. The summed E-state index contributed by atoms with van der Waals surface area (Å²) >= 11 is 0. The van der Waals surface area contributed by atoms with Gasteiger partial charge in [0, 0.05) is 12.6 Å². The summed E-state index contributed by atoms with van der Waals surface area (Å²) in [7, 11) is -1.83. The van der Waals surface area contributed by atoms with E-state index in [1.807, 2.05) is 0 Å². The zero-order valence-corrected chi connectivity index (χ0v) is 18.3. The van der Waals surface area contributed by atoms with Gasteiger partial charge in [-0.1, -0.05) is 41.5 Å². The van der Waals surface area contributed by atoms with Crippen LogP contribution in [-0.2, 0) is 9.16 Å². The molecule has 1 aliphatic heterocycles. The summed E-state index contributed by atoms with van der Waals surface area (Å²) in [5.74, 6) is 0.925. The monoisotopic (exact) mass is 392 g/mol. The van der Waals surface area contributed by atoms with Crippen LogP contribution in [0.2, 0.25) is 18.1 Å². The largest absolute Gasteiger partial charge is 0.547 e. The minimum atomic E-state index is -1.83. The first-order chi connectivity index (χ1) is 12.7. The van der Waals surface area contributed by atoms with Crippen LogP contribution in [0.25, 0.3) is 0 Å².